The van der Waals surface area contributed by atoms with Crippen LogP contribution in [0.5, 0.6) is 0 Å². The highest BCUT2D eigenvalue weighted by Crippen LogP contribution is 2.16. The van der Waals surface area contributed by atoms with Gasteiger partial charge in [0.05, 0.1) is 24.0 Å². The number of hydrogen-bond acceptors (Lipinski definition) is 5. The predicted octanol–water partition coefficient (Wildman–Crippen LogP) is 2.53. The Morgan fingerprint density at radius 2 is 1.70 bits per heavy atom. The highest BCUT2D eigenvalue weighted by atomic mass is 35.5. The van der Waals surface area contributed by atoms with Crippen LogP contribution in [0.1, 0.15) is 17.5 Å². The summed E-state index contributed by atoms with van der Waals surface area (Å²) in [5, 5.41) is 2.75. The van der Waals surface area contributed by atoms with E-state index in [9.17, 15) is 13.2 Å². The fourth-order valence-corrected chi connectivity index (χ4v) is 4.04. The Bertz CT molecular complexity index is 825. The molecule has 1 amide bonds. The number of hydrogen-bond donors (Lipinski definition) is 2. The molecule has 0 saturated heterocycles. The lowest BCUT2D eigenvalue weighted by Gasteiger charge is -2.13. The van der Waals surface area contributed by atoms with Crippen molar-refractivity contribution in [1.29, 1.82) is 0 Å². The highest BCUT2D eigenvalue weighted by Gasteiger charge is 2.15. The van der Waals surface area contributed by atoms with E-state index in [1.807, 2.05) is 18.2 Å². The second kappa shape index (κ2) is 11.0. The first-order valence-corrected chi connectivity index (χ1v) is 10.1. The van der Waals surface area contributed by atoms with Crippen molar-refractivity contribution in [3.05, 3.63) is 65.7 Å². The summed E-state index contributed by atoms with van der Waals surface area (Å²) in [4.78, 5) is 12.0. The first-order valence-electron chi connectivity index (χ1n) is 8.28. The molecule has 0 aliphatic heterocycles. The lowest BCUT2D eigenvalue weighted by molar-refractivity contribution is -0.118. The Morgan fingerprint density at radius 3 is 2.33 bits per heavy atom. The van der Waals surface area contributed by atoms with Crippen molar-refractivity contribution >= 4 is 33.8 Å². The molecule has 0 radical (unpaired) electrons. The molecular weight excluding hydrogens is 388 g/mol. The lowest BCUT2D eigenvalue weighted by atomic mass is 10.2. The number of anilines is 1. The number of carbonyl (C=O) groups is 1. The van der Waals surface area contributed by atoms with Gasteiger partial charge in [0, 0.05) is 19.3 Å². The molecule has 0 aliphatic rings. The molecule has 2 aromatic carbocycles. The largest absolute Gasteiger partial charge is 0.380 e. The third kappa shape index (κ3) is 8.09. The monoisotopic (exact) mass is 412 g/mol. The van der Waals surface area contributed by atoms with Gasteiger partial charge >= 0.3 is 0 Å². The van der Waals surface area contributed by atoms with Gasteiger partial charge in [0.15, 0.2) is 9.84 Å². The summed E-state index contributed by atoms with van der Waals surface area (Å²) in [5.41, 5.74) is 7.44. The number of sulfone groups is 1. The molecule has 8 heteroatoms. The minimum atomic E-state index is -3.31. The lowest BCUT2D eigenvalue weighted by Crippen LogP contribution is -2.28. The fraction of sp³-hybridized carbons (Fsp3) is 0.316. The normalized spacial score (nSPS) is 12.1. The number of benzene rings is 2. The maximum absolute atomic E-state index is 12.4. The molecule has 2 aromatic rings. The van der Waals surface area contributed by atoms with Crippen LogP contribution >= 0.6 is 12.4 Å². The Balaban J connectivity index is 0.00000364. The molecule has 0 spiro atoms. The van der Waals surface area contributed by atoms with Crippen LogP contribution in [0.3, 0.4) is 0 Å². The van der Waals surface area contributed by atoms with Crippen molar-refractivity contribution in [3.8, 4) is 0 Å². The van der Waals surface area contributed by atoms with Crippen LogP contribution in [-0.4, -0.2) is 34.1 Å². The van der Waals surface area contributed by atoms with Crippen LogP contribution in [0.25, 0.3) is 0 Å². The van der Waals surface area contributed by atoms with Crippen molar-refractivity contribution < 1.29 is 17.9 Å². The van der Waals surface area contributed by atoms with E-state index in [-0.39, 0.29) is 48.9 Å². The van der Waals surface area contributed by atoms with E-state index in [1.165, 1.54) is 7.11 Å². The van der Waals surface area contributed by atoms with E-state index in [2.05, 4.69) is 5.32 Å². The van der Waals surface area contributed by atoms with E-state index in [0.717, 1.165) is 5.56 Å². The Labute approximate surface area is 166 Å². The van der Waals surface area contributed by atoms with Gasteiger partial charge in [-0.3, -0.25) is 4.79 Å². The first-order chi connectivity index (χ1) is 12.4. The van der Waals surface area contributed by atoms with Crippen molar-refractivity contribution in [2.75, 3.05) is 19.0 Å². The minimum absolute atomic E-state index is 0. The van der Waals surface area contributed by atoms with E-state index in [4.69, 9.17) is 10.5 Å². The molecule has 3 N–H and O–H groups in total. The molecule has 148 valence electrons. The number of methoxy groups -OCH3 is 1. The number of nitrogens with two attached hydrogens (primary N) is 1. The van der Waals surface area contributed by atoms with Crippen LogP contribution < -0.4 is 11.1 Å². The first kappa shape index (κ1) is 23.1. The van der Waals surface area contributed by atoms with Gasteiger partial charge in [0.25, 0.3) is 0 Å². The summed E-state index contributed by atoms with van der Waals surface area (Å²) in [6.45, 7) is 0.252. The molecule has 0 saturated carbocycles. The van der Waals surface area contributed by atoms with E-state index in [1.54, 1.807) is 36.4 Å². The molecule has 0 bridgehead atoms. The van der Waals surface area contributed by atoms with Gasteiger partial charge in [0.1, 0.15) is 0 Å². The molecule has 0 fully saturated rings. The molecular formula is C19H25ClN2O4S. The number of rotatable bonds is 9. The number of ether oxygens (including phenoxy) is 1. The molecule has 1 atom stereocenters. The van der Waals surface area contributed by atoms with Crippen molar-refractivity contribution in [2.24, 2.45) is 5.73 Å². The van der Waals surface area contributed by atoms with Crippen molar-refractivity contribution in [3.63, 3.8) is 0 Å². The predicted molar refractivity (Wildman–Crippen MR) is 110 cm³/mol. The average molecular weight is 413 g/mol. The zero-order valence-electron chi connectivity index (χ0n) is 15.1. The summed E-state index contributed by atoms with van der Waals surface area (Å²) in [6.07, 6.45) is -0.201. The summed E-state index contributed by atoms with van der Waals surface area (Å²) in [7, 11) is -1.81. The fourth-order valence-electron chi connectivity index (χ4n) is 2.55. The maximum Gasteiger partial charge on any atom is 0.227 e. The standard InChI is InChI=1S/C19H24N2O4S.ClH/c1-25-18(12-20)11-19(22)21-17-9-5-8-16(10-17)14-26(23,24)13-15-6-3-2-4-7-15;/h2-10,18H,11-14,20H2,1H3,(H,21,22);1H. The van der Waals surface area contributed by atoms with Gasteiger partial charge in [-0.2, -0.15) is 0 Å². The van der Waals surface area contributed by atoms with Gasteiger partial charge < -0.3 is 15.8 Å². The van der Waals surface area contributed by atoms with Crippen LogP contribution in [0.4, 0.5) is 5.69 Å². The smallest absolute Gasteiger partial charge is 0.227 e. The highest BCUT2D eigenvalue weighted by molar-refractivity contribution is 7.89. The second-order valence-corrected chi connectivity index (χ2v) is 8.13. The van der Waals surface area contributed by atoms with Crippen LogP contribution in [0, 0.1) is 0 Å². The molecule has 27 heavy (non-hydrogen) atoms. The zero-order chi connectivity index (χ0) is 19.0. The minimum Gasteiger partial charge on any atom is -0.380 e. The Morgan fingerprint density at radius 1 is 1.07 bits per heavy atom. The molecule has 6 nitrogen and oxygen atoms in total. The zero-order valence-corrected chi connectivity index (χ0v) is 16.8. The van der Waals surface area contributed by atoms with Gasteiger partial charge in [-0.1, -0.05) is 42.5 Å². The van der Waals surface area contributed by atoms with E-state index >= 15 is 0 Å². The van der Waals surface area contributed by atoms with Crippen molar-refractivity contribution in [1.82, 2.24) is 0 Å². The topological polar surface area (TPSA) is 98.5 Å². The van der Waals surface area contributed by atoms with Crippen LogP contribution in [-0.2, 0) is 30.9 Å². The maximum atomic E-state index is 12.4. The molecule has 0 aliphatic carbocycles. The van der Waals surface area contributed by atoms with Gasteiger partial charge in [0.2, 0.25) is 5.91 Å². The summed E-state index contributed by atoms with van der Waals surface area (Å²) >= 11 is 0. The third-order valence-electron chi connectivity index (χ3n) is 3.84. The van der Waals surface area contributed by atoms with Gasteiger partial charge in [-0.05, 0) is 23.3 Å². The summed E-state index contributed by atoms with van der Waals surface area (Å²) in [5.74, 6) is -0.336. The Kier molecular flexibility index (Phi) is 9.45. The Hall–Kier alpha value is -1.93. The summed E-state index contributed by atoms with van der Waals surface area (Å²) < 4.78 is 29.9. The number of amides is 1. The molecule has 1 unspecified atom stereocenters. The van der Waals surface area contributed by atoms with Crippen LogP contribution in [0.2, 0.25) is 0 Å². The number of carbonyl (C=O) groups excluding carboxylic acids is 1. The number of nitrogens with one attached hydrogen (secondary N) is 1. The molecule has 0 aromatic heterocycles. The SMILES string of the molecule is COC(CN)CC(=O)Nc1cccc(CS(=O)(=O)Cc2ccccc2)c1.Cl. The molecule has 0 heterocycles. The van der Waals surface area contributed by atoms with E-state index in [0.29, 0.717) is 11.3 Å². The molecule has 2 rings (SSSR count). The number of halogens is 1. The average Bonchev–Trinajstić information content (AvgIpc) is 2.60. The van der Waals surface area contributed by atoms with Crippen LogP contribution in [0.15, 0.2) is 54.6 Å². The second-order valence-electron chi connectivity index (χ2n) is 6.06. The van der Waals surface area contributed by atoms with Gasteiger partial charge in [-0.25, -0.2) is 8.42 Å². The third-order valence-corrected chi connectivity index (χ3v) is 5.38. The van der Waals surface area contributed by atoms with E-state index < -0.39 is 9.84 Å². The van der Waals surface area contributed by atoms with Crippen molar-refractivity contribution in [2.45, 2.75) is 24.0 Å². The quantitative estimate of drug-likeness (QED) is 0.659. The van der Waals surface area contributed by atoms with Gasteiger partial charge in [-0.15, -0.1) is 12.4 Å². The summed E-state index contributed by atoms with van der Waals surface area (Å²) in [6, 6.07) is 15.9.